The highest BCUT2D eigenvalue weighted by Crippen LogP contribution is 2.60. The predicted molar refractivity (Wildman–Crippen MR) is 168 cm³/mol. The lowest BCUT2D eigenvalue weighted by Gasteiger charge is -2.57. The molecule has 4 fully saturated rings. The number of amides is 2. The third-order valence-electron chi connectivity index (χ3n) is 9.56. The molecule has 4 aliphatic carbocycles. The Morgan fingerprint density at radius 3 is 2.12 bits per heavy atom. The van der Waals surface area contributed by atoms with Crippen molar-refractivity contribution in [1.82, 2.24) is 10.2 Å². The Kier molecular flexibility index (Phi) is 9.17. The van der Waals surface area contributed by atoms with E-state index in [1.54, 1.807) is 25.1 Å². The number of carbonyl (C=O) groups excluding carboxylic acids is 2. The van der Waals surface area contributed by atoms with Crippen LogP contribution in [0.4, 0.5) is 5.69 Å². The normalized spacial score (nSPS) is 25.2. The van der Waals surface area contributed by atoms with Crippen LogP contribution in [-0.4, -0.2) is 50.5 Å². The summed E-state index contributed by atoms with van der Waals surface area (Å²) < 4.78 is 27.2. The van der Waals surface area contributed by atoms with Crippen molar-refractivity contribution in [3.05, 3.63) is 63.6 Å². The molecular formula is C32H41Cl2N3O4S. The lowest BCUT2D eigenvalue weighted by Crippen LogP contribution is -2.51. The number of carbonyl (C=O) groups is 2. The second-order valence-electron chi connectivity index (χ2n) is 12.7. The monoisotopic (exact) mass is 633 g/mol. The molecule has 4 aliphatic rings. The zero-order chi connectivity index (χ0) is 30.2. The average Bonchev–Trinajstić information content (AvgIpc) is 2.92. The first-order chi connectivity index (χ1) is 19.9. The number of anilines is 1. The van der Waals surface area contributed by atoms with Gasteiger partial charge in [-0.1, -0.05) is 48.3 Å². The van der Waals surface area contributed by atoms with Crippen LogP contribution in [0.25, 0.3) is 0 Å². The van der Waals surface area contributed by atoms with Crippen LogP contribution < -0.4 is 9.62 Å². The van der Waals surface area contributed by atoms with Crippen LogP contribution in [0.2, 0.25) is 10.0 Å². The molecule has 228 valence electrons. The van der Waals surface area contributed by atoms with Crippen molar-refractivity contribution < 1.29 is 18.0 Å². The Balaban J connectivity index is 1.39. The maximum Gasteiger partial charge on any atom is 0.244 e. The first-order valence-corrected chi connectivity index (χ1v) is 17.6. The van der Waals surface area contributed by atoms with Gasteiger partial charge in [0.25, 0.3) is 0 Å². The van der Waals surface area contributed by atoms with E-state index in [1.807, 2.05) is 19.1 Å². The van der Waals surface area contributed by atoms with Gasteiger partial charge in [0, 0.05) is 23.1 Å². The zero-order valence-electron chi connectivity index (χ0n) is 24.6. The molecule has 0 aliphatic heterocycles. The summed E-state index contributed by atoms with van der Waals surface area (Å²) in [6.45, 7) is 3.64. The zero-order valence-corrected chi connectivity index (χ0v) is 26.9. The highest BCUT2D eigenvalue weighted by Gasteiger charge is 2.51. The van der Waals surface area contributed by atoms with Crippen molar-refractivity contribution in [2.24, 2.45) is 17.8 Å². The summed E-state index contributed by atoms with van der Waals surface area (Å²) in [4.78, 5) is 28.2. The van der Waals surface area contributed by atoms with Crippen LogP contribution in [-0.2, 0) is 31.6 Å². The molecule has 42 heavy (non-hydrogen) atoms. The molecule has 0 spiro atoms. The maximum absolute atomic E-state index is 13.8. The molecular weight excluding hydrogens is 593 g/mol. The summed E-state index contributed by atoms with van der Waals surface area (Å²) in [7, 11) is -3.81. The topological polar surface area (TPSA) is 86.8 Å². The van der Waals surface area contributed by atoms with Gasteiger partial charge in [0.05, 0.1) is 11.9 Å². The first-order valence-electron chi connectivity index (χ1n) is 15.0. The number of sulfonamides is 1. The minimum absolute atomic E-state index is 0.0259. The average molecular weight is 635 g/mol. The van der Waals surface area contributed by atoms with E-state index in [-0.39, 0.29) is 17.9 Å². The molecule has 10 heteroatoms. The van der Waals surface area contributed by atoms with E-state index in [0.29, 0.717) is 27.8 Å². The van der Waals surface area contributed by atoms with Gasteiger partial charge in [0.1, 0.15) is 12.6 Å². The van der Waals surface area contributed by atoms with Gasteiger partial charge < -0.3 is 10.2 Å². The Morgan fingerprint density at radius 1 is 1.00 bits per heavy atom. The van der Waals surface area contributed by atoms with E-state index < -0.39 is 28.5 Å². The summed E-state index contributed by atoms with van der Waals surface area (Å²) in [6, 6.07) is 11.9. The number of halogens is 2. The molecule has 6 rings (SSSR count). The number of benzene rings is 2. The molecule has 0 heterocycles. The predicted octanol–water partition coefficient (Wildman–Crippen LogP) is 6.17. The van der Waals surface area contributed by atoms with Crippen LogP contribution in [0.15, 0.2) is 42.5 Å². The SMILES string of the molecule is CCCNC(=O)[C@H](C)N(Cc1ccc(Cl)cc1Cl)C(=O)CN(c1ccc(C23CC4CC(CC(C4)C2)C3)cc1)S(C)(=O)=O. The summed E-state index contributed by atoms with van der Waals surface area (Å²) in [5, 5.41) is 3.65. The van der Waals surface area contributed by atoms with Gasteiger partial charge >= 0.3 is 0 Å². The Hall–Kier alpha value is -2.29. The van der Waals surface area contributed by atoms with Gasteiger partial charge in [-0.25, -0.2) is 8.42 Å². The molecule has 0 saturated heterocycles. The van der Waals surface area contributed by atoms with Gasteiger partial charge in [-0.05, 0) is 110 Å². The maximum atomic E-state index is 13.8. The smallest absolute Gasteiger partial charge is 0.244 e. The van der Waals surface area contributed by atoms with Gasteiger partial charge in [0.15, 0.2) is 0 Å². The Morgan fingerprint density at radius 2 is 1.60 bits per heavy atom. The van der Waals surface area contributed by atoms with E-state index in [9.17, 15) is 18.0 Å². The van der Waals surface area contributed by atoms with Crippen LogP contribution in [0, 0.1) is 17.8 Å². The molecule has 1 atom stereocenters. The second-order valence-corrected chi connectivity index (χ2v) is 15.5. The number of rotatable bonds is 11. The second kappa shape index (κ2) is 12.4. The number of hydrogen-bond donors (Lipinski definition) is 1. The van der Waals surface area contributed by atoms with Crippen LogP contribution in [0.3, 0.4) is 0 Å². The van der Waals surface area contributed by atoms with E-state index in [2.05, 4.69) is 17.4 Å². The van der Waals surface area contributed by atoms with Crippen LogP contribution >= 0.6 is 23.2 Å². The molecule has 4 saturated carbocycles. The summed E-state index contributed by atoms with van der Waals surface area (Å²) in [5.74, 6) is 1.59. The van der Waals surface area contributed by atoms with Crippen LogP contribution in [0.5, 0.6) is 0 Å². The molecule has 0 unspecified atom stereocenters. The number of hydrogen-bond acceptors (Lipinski definition) is 4. The lowest BCUT2D eigenvalue weighted by atomic mass is 9.48. The van der Waals surface area contributed by atoms with Gasteiger partial charge in [-0.15, -0.1) is 0 Å². The molecule has 7 nitrogen and oxygen atoms in total. The summed E-state index contributed by atoms with van der Waals surface area (Å²) in [5.41, 5.74) is 2.52. The van der Waals surface area contributed by atoms with E-state index in [4.69, 9.17) is 23.2 Å². The van der Waals surface area contributed by atoms with Crippen molar-refractivity contribution in [2.45, 2.75) is 76.8 Å². The highest BCUT2D eigenvalue weighted by atomic mass is 35.5. The minimum Gasteiger partial charge on any atom is -0.354 e. The molecule has 2 amide bonds. The van der Waals surface area contributed by atoms with Crippen molar-refractivity contribution in [3.63, 3.8) is 0 Å². The molecule has 4 bridgehead atoms. The van der Waals surface area contributed by atoms with Crippen molar-refractivity contribution in [2.75, 3.05) is 23.7 Å². The fraction of sp³-hybridized carbons (Fsp3) is 0.562. The molecule has 1 N–H and O–H groups in total. The van der Waals surface area contributed by atoms with Crippen molar-refractivity contribution in [1.29, 1.82) is 0 Å². The van der Waals surface area contributed by atoms with E-state index in [0.717, 1.165) is 34.7 Å². The third kappa shape index (κ3) is 6.61. The van der Waals surface area contributed by atoms with Crippen molar-refractivity contribution >= 4 is 50.7 Å². The highest BCUT2D eigenvalue weighted by molar-refractivity contribution is 7.92. The Labute approximate surface area is 260 Å². The largest absolute Gasteiger partial charge is 0.354 e. The Bertz CT molecular complexity index is 1390. The molecule has 2 aromatic carbocycles. The standard InChI is InChI=1S/C32H41Cl2N3O4S/c1-4-11-35-31(39)21(2)36(19-25-5-8-27(33)15-29(25)34)30(38)20-37(42(3,40)41)28-9-6-26(7-10-28)32-16-22-12-23(17-32)14-24(13-22)18-32/h5-10,15,21-24H,4,11-14,16-20H2,1-3H3,(H,35,39)/t21-,22?,23?,24?,32?/m0/s1. The third-order valence-corrected chi connectivity index (χ3v) is 11.3. The fourth-order valence-electron chi connectivity index (χ4n) is 7.87. The molecule has 2 aromatic rings. The fourth-order valence-corrected chi connectivity index (χ4v) is 9.19. The lowest BCUT2D eigenvalue weighted by molar-refractivity contribution is -0.139. The van der Waals surface area contributed by atoms with Crippen molar-refractivity contribution in [3.8, 4) is 0 Å². The van der Waals surface area contributed by atoms with Crippen LogP contribution in [0.1, 0.15) is 69.9 Å². The van der Waals surface area contributed by atoms with Gasteiger partial charge in [-0.3, -0.25) is 13.9 Å². The number of nitrogens with one attached hydrogen (secondary N) is 1. The number of nitrogens with zero attached hydrogens (tertiary/aromatic N) is 2. The van der Waals surface area contributed by atoms with E-state index >= 15 is 0 Å². The van der Waals surface area contributed by atoms with Gasteiger partial charge in [0.2, 0.25) is 21.8 Å². The molecule has 0 aromatic heterocycles. The summed E-state index contributed by atoms with van der Waals surface area (Å²) >= 11 is 12.5. The minimum atomic E-state index is -3.81. The van der Waals surface area contributed by atoms with Gasteiger partial charge in [-0.2, -0.15) is 0 Å². The summed E-state index contributed by atoms with van der Waals surface area (Å²) in [6.07, 6.45) is 9.56. The van der Waals surface area contributed by atoms with E-state index in [1.165, 1.54) is 49.0 Å². The molecule has 0 radical (unpaired) electrons. The first kappa shape index (κ1) is 31.1. The quantitative estimate of drug-likeness (QED) is 0.321.